The third kappa shape index (κ3) is 5.16. The van der Waals surface area contributed by atoms with Crippen molar-refractivity contribution in [1.29, 1.82) is 0 Å². The van der Waals surface area contributed by atoms with E-state index in [0.717, 1.165) is 6.07 Å². The van der Waals surface area contributed by atoms with Crippen molar-refractivity contribution in [1.82, 2.24) is 9.47 Å². The Kier molecular flexibility index (Phi) is 7.58. The highest BCUT2D eigenvalue weighted by Gasteiger charge is 2.55. The van der Waals surface area contributed by atoms with Crippen molar-refractivity contribution in [3.05, 3.63) is 61.9 Å². The fourth-order valence-corrected chi connectivity index (χ4v) is 6.19. The van der Waals surface area contributed by atoms with Gasteiger partial charge in [-0.2, -0.15) is 0 Å². The average molecular weight is 619 g/mol. The number of nitrogens with zero attached hydrogens (tertiary/aromatic N) is 3. The van der Waals surface area contributed by atoms with Crippen molar-refractivity contribution in [3.8, 4) is 5.69 Å². The number of amides is 1. The Morgan fingerprint density at radius 3 is 2.40 bits per heavy atom. The van der Waals surface area contributed by atoms with E-state index in [9.17, 15) is 23.9 Å². The summed E-state index contributed by atoms with van der Waals surface area (Å²) >= 11 is 6.91. The zero-order valence-electron chi connectivity index (χ0n) is 24.5. The summed E-state index contributed by atoms with van der Waals surface area (Å²) in [6.45, 7) is 9.39. The molecule has 1 spiro atoms. The van der Waals surface area contributed by atoms with E-state index in [1.807, 2.05) is 0 Å². The van der Waals surface area contributed by atoms with Gasteiger partial charge >= 0.3 is 12.1 Å². The Bertz CT molecular complexity index is 1720. The van der Waals surface area contributed by atoms with Crippen LogP contribution in [0, 0.1) is 24.0 Å². The number of aliphatic hydroxyl groups is 1. The molecule has 0 saturated carbocycles. The van der Waals surface area contributed by atoms with Crippen molar-refractivity contribution in [2.75, 3.05) is 43.4 Å². The number of halogens is 3. The molecule has 43 heavy (non-hydrogen) atoms. The number of hydrogen-bond donors (Lipinski definition) is 2. The van der Waals surface area contributed by atoms with Crippen LogP contribution in [0.1, 0.15) is 49.2 Å². The Morgan fingerprint density at radius 1 is 1.16 bits per heavy atom. The number of carbonyl (C=O) groups is 2. The number of aromatic nitrogens is 1. The van der Waals surface area contributed by atoms with Crippen LogP contribution in [0.4, 0.5) is 25.0 Å². The van der Waals surface area contributed by atoms with Gasteiger partial charge in [0.05, 0.1) is 46.2 Å². The van der Waals surface area contributed by atoms with E-state index in [4.69, 9.17) is 26.8 Å². The number of aliphatic hydroxyl groups excluding tert-OH is 1. The summed E-state index contributed by atoms with van der Waals surface area (Å²) < 4.78 is 42.3. The second-order valence-corrected chi connectivity index (χ2v) is 12.5. The van der Waals surface area contributed by atoms with Gasteiger partial charge in [0, 0.05) is 48.9 Å². The van der Waals surface area contributed by atoms with Gasteiger partial charge in [-0.25, -0.2) is 18.4 Å². The van der Waals surface area contributed by atoms with E-state index in [0.29, 0.717) is 26.2 Å². The van der Waals surface area contributed by atoms with Gasteiger partial charge in [0.1, 0.15) is 17.0 Å². The first-order valence-electron chi connectivity index (χ1n) is 13.8. The summed E-state index contributed by atoms with van der Waals surface area (Å²) in [5.74, 6) is -2.45. The number of nitrogen functional groups attached to an aromatic ring is 1. The van der Waals surface area contributed by atoms with Crippen LogP contribution in [0.3, 0.4) is 0 Å². The number of aryl methyl sites for hydroxylation is 1. The number of fused-ring (bicyclic) bond motifs is 1. The lowest BCUT2D eigenvalue weighted by Gasteiger charge is -2.60. The first-order chi connectivity index (χ1) is 20.1. The van der Waals surface area contributed by atoms with Crippen molar-refractivity contribution < 1.29 is 33.0 Å². The van der Waals surface area contributed by atoms with Crippen molar-refractivity contribution in [2.45, 2.75) is 46.8 Å². The summed E-state index contributed by atoms with van der Waals surface area (Å²) in [5.41, 5.74) is 3.81. The molecule has 1 amide bonds. The number of rotatable bonds is 5. The first-order valence-corrected chi connectivity index (χ1v) is 14.1. The highest BCUT2D eigenvalue weighted by atomic mass is 35.5. The molecule has 13 heteroatoms. The van der Waals surface area contributed by atoms with E-state index in [1.54, 1.807) is 37.5 Å². The number of hydrogen-bond acceptors (Lipinski definition) is 8. The fraction of sp³-hybridized carbons (Fsp3) is 0.433. The Labute approximate surface area is 251 Å². The molecule has 2 saturated heterocycles. The molecule has 1 aromatic heterocycles. The van der Waals surface area contributed by atoms with Gasteiger partial charge in [-0.15, -0.1) is 0 Å². The molecule has 2 aromatic carbocycles. The third-order valence-electron chi connectivity index (χ3n) is 7.73. The number of esters is 1. The number of ether oxygens (including phenoxy) is 2. The lowest BCUT2D eigenvalue weighted by Crippen LogP contribution is -2.73. The van der Waals surface area contributed by atoms with Gasteiger partial charge in [-0.1, -0.05) is 11.6 Å². The SMILES string of the molecule is CCOC(=O)c1cn(-c2cc(N)c(F)cc2CO)c2c(Cl)c(N3CC4(CN(C(=O)OC(C)(C)C)C4)C3)c(F)c(C)c2c1=O. The second-order valence-electron chi connectivity index (χ2n) is 12.1. The van der Waals surface area contributed by atoms with E-state index in [-0.39, 0.29) is 56.1 Å². The molecule has 3 heterocycles. The van der Waals surface area contributed by atoms with Crippen LogP contribution < -0.4 is 16.1 Å². The fourth-order valence-electron chi connectivity index (χ4n) is 5.81. The second kappa shape index (κ2) is 10.7. The molecule has 0 aliphatic carbocycles. The lowest BCUT2D eigenvalue weighted by atomic mass is 9.72. The molecule has 0 radical (unpaired) electrons. The number of benzene rings is 2. The lowest BCUT2D eigenvalue weighted by molar-refractivity contribution is -0.0454. The zero-order chi connectivity index (χ0) is 31.6. The monoisotopic (exact) mass is 618 g/mol. The molecule has 10 nitrogen and oxygen atoms in total. The molecule has 0 bridgehead atoms. The predicted molar refractivity (Wildman–Crippen MR) is 158 cm³/mol. The normalized spacial score (nSPS) is 15.8. The Balaban J connectivity index is 1.63. The molecule has 5 rings (SSSR count). The molecule has 2 aliphatic rings. The highest BCUT2D eigenvalue weighted by Crippen LogP contribution is 2.47. The number of carbonyl (C=O) groups excluding carboxylic acids is 2. The van der Waals surface area contributed by atoms with Crippen molar-refractivity contribution >= 4 is 45.9 Å². The van der Waals surface area contributed by atoms with Crippen LogP contribution in [0.5, 0.6) is 0 Å². The molecule has 3 N–H and O–H groups in total. The minimum absolute atomic E-state index is 0.0171. The smallest absolute Gasteiger partial charge is 0.410 e. The van der Waals surface area contributed by atoms with E-state index >= 15 is 4.39 Å². The average Bonchev–Trinajstić information content (AvgIpc) is 2.87. The van der Waals surface area contributed by atoms with Crippen molar-refractivity contribution in [2.24, 2.45) is 5.41 Å². The standard InChI is InChI=1S/C30H33ClF2N4O6/c1-6-42-27(40)17-9-37(20-8-19(34)18(32)7-16(20)10-38)24-21(26(17)39)15(2)23(33)25(22(24)31)35-11-30(12-35)13-36(14-30)28(41)43-29(3,4)5/h7-9,38H,6,10-14,34H2,1-5H3. The van der Waals surface area contributed by atoms with Crippen LogP contribution >= 0.6 is 11.6 Å². The summed E-state index contributed by atoms with van der Waals surface area (Å²) in [6, 6.07) is 2.28. The Morgan fingerprint density at radius 2 is 1.81 bits per heavy atom. The van der Waals surface area contributed by atoms with Crippen LogP contribution in [0.2, 0.25) is 5.02 Å². The molecule has 3 aromatic rings. The summed E-state index contributed by atoms with van der Waals surface area (Å²) in [6.07, 6.45) is 0.769. The number of nitrogens with two attached hydrogens (primary N) is 1. The number of anilines is 2. The van der Waals surface area contributed by atoms with E-state index < -0.39 is 46.9 Å². The van der Waals surface area contributed by atoms with Crippen LogP contribution in [-0.4, -0.2) is 65.0 Å². The predicted octanol–water partition coefficient (Wildman–Crippen LogP) is 4.54. The molecule has 2 aliphatic heterocycles. The quantitative estimate of drug-likeness (QED) is 0.315. The van der Waals surface area contributed by atoms with Gasteiger partial charge in [0.15, 0.2) is 5.82 Å². The third-order valence-corrected chi connectivity index (χ3v) is 8.09. The van der Waals surface area contributed by atoms with Crippen LogP contribution in [0.25, 0.3) is 16.6 Å². The van der Waals surface area contributed by atoms with Gasteiger partial charge in [-0.3, -0.25) is 4.79 Å². The molecule has 0 unspecified atom stereocenters. The Hall–Kier alpha value is -3.90. The van der Waals surface area contributed by atoms with Gasteiger partial charge in [0.25, 0.3) is 0 Å². The maximum absolute atomic E-state index is 16.1. The molecular weight excluding hydrogens is 586 g/mol. The first kappa shape index (κ1) is 30.6. The minimum Gasteiger partial charge on any atom is -0.462 e. The molecule has 230 valence electrons. The summed E-state index contributed by atoms with van der Waals surface area (Å²) in [4.78, 5) is 42.2. The molecular formula is C30H33ClF2N4O6. The minimum atomic E-state index is -0.937. The highest BCUT2D eigenvalue weighted by molar-refractivity contribution is 6.38. The van der Waals surface area contributed by atoms with Gasteiger partial charge in [-0.05, 0) is 46.8 Å². The molecule has 0 atom stereocenters. The summed E-state index contributed by atoms with van der Waals surface area (Å²) in [5, 5.41) is 9.76. The van der Waals surface area contributed by atoms with Gasteiger partial charge < -0.3 is 34.7 Å². The molecule has 2 fully saturated rings. The maximum Gasteiger partial charge on any atom is 0.410 e. The van der Waals surface area contributed by atoms with E-state index in [1.165, 1.54) is 23.8 Å². The van der Waals surface area contributed by atoms with Gasteiger partial charge in [0.2, 0.25) is 5.43 Å². The number of likely N-dealkylation sites (tertiary alicyclic amines) is 1. The number of pyridine rings is 1. The van der Waals surface area contributed by atoms with Crippen molar-refractivity contribution in [3.63, 3.8) is 0 Å². The zero-order valence-corrected chi connectivity index (χ0v) is 25.3. The summed E-state index contributed by atoms with van der Waals surface area (Å²) in [7, 11) is 0. The largest absolute Gasteiger partial charge is 0.462 e. The van der Waals surface area contributed by atoms with Crippen LogP contribution in [-0.2, 0) is 16.1 Å². The van der Waals surface area contributed by atoms with E-state index in [2.05, 4.69) is 0 Å². The topological polar surface area (TPSA) is 127 Å². The maximum atomic E-state index is 16.1. The van der Waals surface area contributed by atoms with Crippen LogP contribution in [0.15, 0.2) is 23.1 Å².